The van der Waals surface area contributed by atoms with E-state index in [2.05, 4.69) is 10.7 Å². The molecule has 27 heavy (non-hydrogen) atoms. The summed E-state index contributed by atoms with van der Waals surface area (Å²) in [5, 5.41) is 13.7. The van der Waals surface area contributed by atoms with E-state index in [9.17, 15) is 14.7 Å². The summed E-state index contributed by atoms with van der Waals surface area (Å²) in [4.78, 5) is 24.7. The van der Waals surface area contributed by atoms with Crippen LogP contribution in [0.1, 0.15) is 31.9 Å². The molecule has 0 fully saturated rings. The molecule has 3 N–H and O–H groups in total. The number of rotatable bonds is 7. The maximum Gasteiger partial charge on any atom is 0.332 e. The smallest absolute Gasteiger partial charge is 0.332 e. The molecule has 0 aromatic heterocycles. The van der Waals surface area contributed by atoms with Crippen molar-refractivity contribution >= 4 is 12.0 Å². The van der Waals surface area contributed by atoms with Crippen molar-refractivity contribution in [3.8, 4) is 0 Å². The topological polar surface area (TPSA) is 81.7 Å². The number of nitrogens with one attached hydrogen (secondary N) is 2. The van der Waals surface area contributed by atoms with Gasteiger partial charge in [0.25, 0.3) is 0 Å². The first kappa shape index (κ1) is 20.5. The highest BCUT2D eigenvalue weighted by Gasteiger charge is 2.39. The first-order valence-corrected chi connectivity index (χ1v) is 8.90. The molecule has 6 heteroatoms. The predicted molar refractivity (Wildman–Crippen MR) is 105 cm³/mol. The molecule has 0 radical (unpaired) electrons. The highest BCUT2D eigenvalue weighted by molar-refractivity contribution is 5.82. The number of urea groups is 1. The molecule has 1 unspecified atom stereocenters. The van der Waals surface area contributed by atoms with Crippen LogP contribution in [0.4, 0.5) is 4.79 Å². The fraction of sp³-hybridized carbons (Fsp3) is 0.333. The summed E-state index contributed by atoms with van der Waals surface area (Å²) >= 11 is 0. The number of nitrogens with zero attached hydrogens (tertiary/aromatic N) is 1. The monoisotopic (exact) mass is 369 g/mol. The molecule has 0 spiro atoms. The average Bonchev–Trinajstić information content (AvgIpc) is 2.63. The summed E-state index contributed by atoms with van der Waals surface area (Å²) in [7, 11) is 0. The second kappa shape index (κ2) is 9.19. The summed E-state index contributed by atoms with van der Waals surface area (Å²) in [6.45, 7) is 6.06. The molecule has 0 aliphatic rings. The van der Waals surface area contributed by atoms with Crippen molar-refractivity contribution in [1.82, 2.24) is 15.8 Å². The minimum absolute atomic E-state index is 0.319. The van der Waals surface area contributed by atoms with Gasteiger partial charge in [0, 0.05) is 13.1 Å². The van der Waals surface area contributed by atoms with E-state index in [-0.39, 0.29) is 0 Å². The third-order valence-corrected chi connectivity index (χ3v) is 4.11. The second-order valence-corrected chi connectivity index (χ2v) is 7.44. The van der Waals surface area contributed by atoms with Crippen LogP contribution in [-0.2, 0) is 17.9 Å². The number of hydrogen-bond acceptors (Lipinski definition) is 3. The summed E-state index contributed by atoms with van der Waals surface area (Å²) in [6, 6.07) is 17.5. The van der Waals surface area contributed by atoms with Gasteiger partial charge in [0.15, 0.2) is 6.04 Å². The predicted octanol–water partition coefficient (Wildman–Crippen LogP) is 3.40. The van der Waals surface area contributed by atoms with Crippen LogP contribution in [0.5, 0.6) is 0 Å². The van der Waals surface area contributed by atoms with Crippen LogP contribution in [0.15, 0.2) is 60.7 Å². The number of aliphatic carboxylic acids is 1. The third-order valence-electron chi connectivity index (χ3n) is 4.11. The van der Waals surface area contributed by atoms with E-state index in [0.29, 0.717) is 13.1 Å². The van der Waals surface area contributed by atoms with Crippen molar-refractivity contribution in [2.75, 3.05) is 0 Å². The largest absolute Gasteiger partial charge is 0.480 e. The first-order chi connectivity index (χ1) is 12.8. The van der Waals surface area contributed by atoms with Crippen LogP contribution >= 0.6 is 0 Å². The van der Waals surface area contributed by atoms with Crippen LogP contribution in [0.25, 0.3) is 0 Å². The molecular formula is C21H27N3O3. The van der Waals surface area contributed by atoms with Crippen LogP contribution in [-0.4, -0.2) is 28.2 Å². The van der Waals surface area contributed by atoms with Gasteiger partial charge in [-0.05, 0) is 16.5 Å². The number of carbonyl (C=O) groups excluding carboxylic acids is 1. The Morgan fingerprint density at radius 1 is 0.926 bits per heavy atom. The summed E-state index contributed by atoms with van der Waals surface area (Å²) in [6.07, 6.45) is 0. The van der Waals surface area contributed by atoms with E-state index in [4.69, 9.17) is 0 Å². The van der Waals surface area contributed by atoms with Crippen molar-refractivity contribution < 1.29 is 14.7 Å². The van der Waals surface area contributed by atoms with Gasteiger partial charge in [-0.25, -0.2) is 20.0 Å². The normalized spacial score (nSPS) is 12.3. The lowest BCUT2D eigenvalue weighted by Crippen LogP contribution is -2.60. The Balaban J connectivity index is 2.16. The molecule has 0 bridgehead atoms. The van der Waals surface area contributed by atoms with Gasteiger partial charge in [0.1, 0.15) is 0 Å². The number of carboxylic acids is 1. The summed E-state index contributed by atoms with van der Waals surface area (Å²) in [5.41, 5.74) is 4.24. The van der Waals surface area contributed by atoms with Gasteiger partial charge in [0.05, 0.1) is 0 Å². The van der Waals surface area contributed by atoms with Crippen molar-refractivity contribution in [2.24, 2.45) is 5.41 Å². The Hall–Kier alpha value is -2.86. The molecule has 0 aliphatic heterocycles. The molecule has 144 valence electrons. The van der Waals surface area contributed by atoms with E-state index < -0.39 is 23.5 Å². The molecule has 2 rings (SSSR count). The Bertz CT molecular complexity index is 742. The van der Waals surface area contributed by atoms with Gasteiger partial charge in [-0.15, -0.1) is 0 Å². The van der Waals surface area contributed by atoms with E-state index in [1.54, 1.807) is 20.8 Å². The standard InChI is InChI=1S/C21H27N3O3/c1-21(2,3)18(19(25)26)24(23-15-17-12-8-5-9-13-17)20(27)22-14-16-10-6-4-7-11-16/h4-13,18,23H,14-15H2,1-3H3,(H,22,27)(H,25,26). The number of carboxylic acid groups (broad SMARTS) is 1. The fourth-order valence-corrected chi connectivity index (χ4v) is 2.78. The van der Waals surface area contributed by atoms with E-state index in [0.717, 1.165) is 11.1 Å². The van der Waals surface area contributed by atoms with E-state index in [1.165, 1.54) is 5.01 Å². The molecule has 1 atom stereocenters. The SMILES string of the molecule is CC(C)(C)C(C(=O)O)N(NCc1ccccc1)C(=O)NCc1ccccc1. The van der Waals surface area contributed by atoms with E-state index in [1.807, 2.05) is 60.7 Å². The Morgan fingerprint density at radius 3 is 1.85 bits per heavy atom. The minimum Gasteiger partial charge on any atom is -0.480 e. The highest BCUT2D eigenvalue weighted by atomic mass is 16.4. The molecule has 2 aromatic carbocycles. The van der Waals surface area contributed by atoms with Gasteiger partial charge >= 0.3 is 12.0 Å². The first-order valence-electron chi connectivity index (χ1n) is 8.90. The Labute approximate surface area is 160 Å². The number of benzene rings is 2. The van der Waals surface area contributed by atoms with Crippen LogP contribution in [0.2, 0.25) is 0 Å². The zero-order valence-electron chi connectivity index (χ0n) is 16.0. The number of carbonyl (C=O) groups is 2. The van der Waals surface area contributed by atoms with Gasteiger partial charge in [-0.1, -0.05) is 81.4 Å². The fourth-order valence-electron chi connectivity index (χ4n) is 2.78. The average molecular weight is 369 g/mol. The molecule has 0 aliphatic carbocycles. The summed E-state index contributed by atoms with van der Waals surface area (Å²) < 4.78 is 0. The minimum atomic E-state index is -1.06. The zero-order chi connectivity index (χ0) is 19.9. The lowest BCUT2D eigenvalue weighted by molar-refractivity contribution is -0.147. The summed E-state index contributed by atoms with van der Waals surface area (Å²) in [5.74, 6) is -1.06. The van der Waals surface area contributed by atoms with Gasteiger partial charge in [-0.3, -0.25) is 0 Å². The molecule has 2 aromatic rings. The zero-order valence-corrected chi connectivity index (χ0v) is 16.0. The lowest BCUT2D eigenvalue weighted by atomic mass is 9.86. The molecule has 6 nitrogen and oxygen atoms in total. The number of hydrazine groups is 1. The van der Waals surface area contributed by atoms with Crippen molar-refractivity contribution in [2.45, 2.75) is 39.9 Å². The van der Waals surface area contributed by atoms with Crippen molar-refractivity contribution in [3.05, 3.63) is 71.8 Å². The lowest BCUT2D eigenvalue weighted by Gasteiger charge is -2.37. The molecule has 2 amide bonds. The highest BCUT2D eigenvalue weighted by Crippen LogP contribution is 2.24. The Kier molecular flexibility index (Phi) is 6.96. The number of hydrogen-bond donors (Lipinski definition) is 3. The second-order valence-electron chi connectivity index (χ2n) is 7.44. The molecule has 0 saturated carbocycles. The van der Waals surface area contributed by atoms with Gasteiger partial charge in [-0.2, -0.15) is 0 Å². The van der Waals surface area contributed by atoms with Crippen LogP contribution in [0.3, 0.4) is 0 Å². The third kappa shape index (κ3) is 6.11. The van der Waals surface area contributed by atoms with Crippen molar-refractivity contribution in [3.63, 3.8) is 0 Å². The maximum atomic E-state index is 12.8. The maximum absolute atomic E-state index is 12.8. The molecule has 0 heterocycles. The van der Waals surface area contributed by atoms with Gasteiger partial charge in [0.2, 0.25) is 0 Å². The van der Waals surface area contributed by atoms with Gasteiger partial charge < -0.3 is 10.4 Å². The molecule has 0 saturated heterocycles. The Morgan fingerprint density at radius 2 is 1.41 bits per heavy atom. The van der Waals surface area contributed by atoms with Crippen LogP contribution in [0, 0.1) is 5.41 Å². The van der Waals surface area contributed by atoms with Crippen LogP contribution < -0.4 is 10.7 Å². The molecular weight excluding hydrogens is 342 g/mol. The quantitative estimate of drug-likeness (QED) is 0.653. The van der Waals surface area contributed by atoms with E-state index >= 15 is 0 Å². The van der Waals surface area contributed by atoms with Crippen molar-refractivity contribution in [1.29, 1.82) is 0 Å². The number of amides is 2.